The summed E-state index contributed by atoms with van der Waals surface area (Å²) in [7, 11) is 0. The molecule has 4 rings (SSSR count). The van der Waals surface area contributed by atoms with Crippen molar-refractivity contribution < 1.29 is 9.18 Å². The van der Waals surface area contributed by atoms with Crippen molar-refractivity contribution in [2.45, 2.75) is 19.4 Å². The van der Waals surface area contributed by atoms with Crippen LogP contribution in [0.15, 0.2) is 48.5 Å². The summed E-state index contributed by atoms with van der Waals surface area (Å²) >= 11 is 5.98. The highest BCUT2D eigenvalue weighted by Crippen LogP contribution is 2.24. The van der Waals surface area contributed by atoms with Gasteiger partial charge in [0.05, 0.1) is 11.6 Å². The molecule has 2 aromatic rings. The number of hydrogen-bond acceptors (Lipinski definition) is 3. The van der Waals surface area contributed by atoms with Crippen LogP contribution in [0.25, 0.3) is 0 Å². The van der Waals surface area contributed by atoms with Crippen molar-refractivity contribution in [3.8, 4) is 0 Å². The number of carbonyl (C=O) groups excluding carboxylic acids is 1. The summed E-state index contributed by atoms with van der Waals surface area (Å²) in [5, 5.41) is 0.745. The van der Waals surface area contributed by atoms with E-state index in [0.717, 1.165) is 37.5 Å². The first-order chi connectivity index (χ1) is 14.1. The van der Waals surface area contributed by atoms with Gasteiger partial charge in [-0.05, 0) is 49.2 Å². The topological polar surface area (TPSA) is 26.8 Å². The molecule has 0 unspecified atom stereocenters. The van der Waals surface area contributed by atoms with Crippen molar-refractivity contribution in [3.63, 3.8) is 0 Å². The zero-order chi connectivity index (χ0) is 20.2. The number of carbonyl (C=O) groups is 1. The Kier molecular flexibility index (Phi) is 6.36. The minimum absolute atomic E-state index is 0.0519. The zero-order valence-corrected chi connectivity index (χ0v) is 17.3. The van der Waals surface area contributed by atoms with Crippen LogP contribution in [-0.2, 0) is 11.3 Å². The number of piperazine rings is 1. The van der Waals surface area contributed by atoms with E-state index in [1.54, 1.807) is 6.07 Å². The summed E-state index contributed by atoms with van der Waals surface area (Å²) in [5.74, 6) is 0.104. The molecule has 2 fully saturated rings. The van der Waals surface area contributed by atoms with Crippen molar-refractivity contribution in [1.82, 2.24) is 9.80 Å². The molecule has 0 N–H and O–H groups in total. The summed E-state index contributed by atoms with van der Waals surface area (Å²) in [5.41, 5.74) is 1.85. The van der Waals surface area contributed by atoms with Crippen LogP contribution in [0.4, 0.5) is 10.1 Å². The molecule has 2 aliphatic rings. The average Bonchev–Trinajstić information content (AvgIpc) is 2.76. The number of rotatable bonds is 4. The van der Waals surface area contributed by atoms with Crippen LogP contribution in [-0.4, -0.2) is 55.0 Å². The van der Waals surface area contributed by atoms with Gasteiger partial charge in [-0.1, -0.05) is 35.9 Å². The second-order valence-corrected chi connectivity index (χ2v) is 8.40. The molecule has 2 aromatic carbocycles. The first-order valence-corrected chi connectivity index (χ1v) is 10.7. The fourth-order valence-electron chi connectivity index (χ4n) is 4.38. The molecule has 6 heteroatoms. The summed E-state index contributed by atoms with van der Waals surface area (Å²) in [6.45, 7) is 5.33. The maximum absolute atomic E-state index is 14.0. The monoisotopic (exact) mass is 415 g/mol. The van der Waals surface area contributed by atoms with Crippen LogP contribution in [0, 0.1) is 11.7 Å². The Morgan fingerprint density at radius 2 is 1.72 bits per heavy atom. The van der Waals surface area contributed by atoms with E-state index in [2.05, 4.69) is 17.0 Å². The summed E-state index contributed by atoms with van der Waals surface area (Å²) in [6.07, 6.45) is 1.99. The largest absolute Gasteiger partial charge is 0.366 e. The number of anilines is 1. The first-order valence-electron chi connectivity index (χ1n) is 10.4. The predicted molar refractivity (Wildman–Crippen MR) is 115 cm³/mol. The number of hydrogen-bond donors (Lipinski definition) is 0. The maximum Gasteiger partial charge on any atom is 0.227 e. The van der Waals surface area contributed by atoms with E-state index in [0.29, 0.717) is 31.9 Å². The minimum Gasteiger partial charge on any atom is -0.366 e. The molecule has 2 saturated heterocycles. The minimum atomic E-state index is -0.197. The molecule has 0 bridgehead atoms. The quantitative estimate of drug-likeness (QED) is 0.754. The van der Waals surface area contributed by atoms with E-state index >= 15 is 0 Å². The highest BCUT2D eigenvalue weighted by molar-refractivity contribution is 6.30. The van der Waals surface area contributed by atoms with Gasteiger partial charge in [-0.2, -0.15) is 0 Å². The number of nitrogens with zero attached hydrogens (tertiary/aromatic N) is 3. The van der Waals surface area contributed by atoms with Crippen molar-refractivity contribution >= 4 is 23.2 Å². The van der Waals surface area contributed by atoms with E-state index in [1.165, 1.54) is 11.6 Å². The molecule has 154 valence electrons. The standard InChI is InChI=1S/C23H27ClFN3O/c24-20-9-7-18(8-10-20)16-26-11-3-4-19(17-26)23(29)28-14-12-27(13-15-28)22-6-2-1-5-21(22)25/h1-2,5-10,19H,3-4,11-17H2/t19-/m1/s1. The lowest BCUT2D eigenvalue weighted by Gasteiger charge is -2.39. The van der Waals surface area contributed by atoms with Gasteiger partial charge < -0.3 is 9.80 Å². The van der Waals surface area contributed by atoms with E-state index < -0.39 is 0 Å². The average molecular weight is 416 g/mol. The molecule has 0 aliphatic carbocycles. The van der Waals surface area contributed by atoms with E-state index in [-0.39, 0.29) is 17.6 Å². The molecule has 2 heterocycles. The molecule has 0 saturated carbocycles. The van der Waals surface area contributed by atoms with Gasteiger partial charge in [-0.15, -0.1) is 0 Å². The van der Waals surface area contributed by atoms with Crippen LogP contribution in [0.2, 0.25) is 5.02 Å². The van der Waals surface area contributed by atoms with Crippen LogP contribution < -0.4 is 4.90 Å². The Balaban J connectivity index is 1.31. The Morgan fingerprint density at radius 1 is 1.00 bits per heavy atom. The third-order valence-electron chi connectivity index (χ3n) is 5.96. The zero-order valence-electron chi connectivity index (χ0n) is 16.6. The fraction of sp³-hybridized carbons (Fsp3) is 0.435. The number of benzene rings is 2. The normalized spacial score (nSPS) is 20.7. The number of halogens is 2. The molecule has 0 radical (unpaired) electrons. The predicted octanol–water partition coefficient (Wildman–Crippen LogP) is 4.04. The van der Waals surface area contributed by atoms with Gasteiger partial charge >= 0.3 is 0 Å². The Morgan fingerprint density at radius 3 is 2.45 bits per heavy atom. The van der Waals surface area contributed by atoms with Gasteiger partial charge in [0.15, 0.2) is 0 Å². The van der Waals surface area contributed by atoms with Crippen LogP contribution in [0.3, 0.4) is 0 Å². The smallest absolute Gasteiger partial charge is 0.227 e. The van der Waals surface area contributed by atoms with E-state index in [1.807, 2.05) is 34.1 Å². The fourth-order valence-corrected chi connectivity index (χ4v) is 4.51. The van der Waals surface area contributed by atoms with E-state index in [9.17, 15) is 9.18 Å². The molecule has 29 heavy (non-hydrogen) atoms. The van der Waals surface area contributed by atoms with Gasteiger partial charge in [0, 0.05) is 44.3 Å². The summed E-state index contributed by atoms with van der Waals surface area (Å²) < 4.78 is 14.0. The maximum atomic E-state index is 14.0. The molecular formula is C23H27ClFN3O. The van der Waals surface area contributed by atoms with Crippen LogP contribution in [0.1, 0.15) is 18.4 Å². The molecule has 1 atom stereocenters. The molecular weight excluding hydrogens is 389 g/mol. The molecule has 2 aliphatic heterocycles. The number of amides is 1. The van der Waals surface area contributed by atoms with Crippen molar-refractivity contribution in [2.75, 3.05) is 44.2 Å². The molecule has 4 nitrogen and oxygen atoms in total. The van der Waals surface area contributed by atoms with Gasteiger partial charge in [-0.25, -0.2) is 4.39 Å². The summed E-state index contributed by atoms with van der Waals surface area (Å²) in [4.78, 5) is 19.5. The first kappa shape index (κ1) is 20.2. The summed E-state index contributed by atoms with van der Waals surface area (Å²) in [6, 6.07) is 14.8. The SMILES string of the molecule is O=C([C@@H]1CCCN(Cc2ccc(Cl)cc2)C1)N1CCN(c2ccccc2F)CC1. The Hall–Kier alpha value is -2.11. The van der Waals surface area contributed by atoms with Crippen LogP contribution in [0.5, 0.6) is 0 Å². The lowest BCUT2D eigenvalue weighted by atomic mass is 9.95. The third-order valence-corrected chi connectivity index (χ3v) is 6.21. The third kappa shape index (κ3) is 4.90. The second-order valence-electron chi connectivity index (χ2n) is 7.96. The molecule has 1 amide bonds. The number of likely N-dealkylation sites (tertiary alicyclic amines) is 1. The number of piperidine rings is 1. The Labute approximate surface area is 176 Å². The van der Waals surface area contributed by atoms with E-state index in [4.69, 9.17) is 11.6 Å². The van der Waals surface area contributed by atoms with Gasteiger partial charge in [-0.3, -0.25) is 9.69 Å². The lowest BCUT2D eigenvalue weighted by Crippen LogP contribution is -2.52. The van der Waals surface area contributed by atoms with Gasteiger partial charge in [0.2, 0.25) is 5.91 Å². The van der Waals surface area contributed by atoms with Gasteiger partial charge in [0.1, 0.15) is 5.82 Å². The van der Waals surface area contributed by atoms with Crippen molar-refractivity contribution in [2.24, 2.45) is 5.92 Å². The highest BCUT2D eigenvalue weighted by Gasteiger charge is 2.31. The second kappa shape index (κ2) is 9.14. The lowest BCUT2D eigenvalue weighted by molar-refractivity contribution is -0.137. The van der Waals surface area contributed by atoms with Gasteiger partial charge in [0.25, 0.3) is 0 Å². The highest BCUT2D eigenvalue weighted by atomic mass is 35.5. The molecule has 0 spiro atoms. The molecule has 0 aromatic heterocycles. The Bertz CT molecular complexity index is 836. The number of para-hydroxylation sites is 1. The van der Waals surface area contributed by atoms with Crippen molar-refractivity contribution in [1.29, 1.82) is 0 Å². The van der Waals surface area contributed by atoms with Crippen molar-refractivity contribution in [3.05, 3.63) is 64.9 Å². The van der Waals surface area contributed by atoms with Crippen LogP contribution >= 0.6 is 11.6 Å².